The number of carbonyl (C=O) groups is 1. The highest BCUT2D eigenvalue weighted by Crippen LogP contribution is 2.31. The number of hydrogen-bond acceptors (Lipinski definition) is 3. The normalized spacial score (nSPS) is 25.6. The third kappa shape index (κ3) is 2.98. The van der Waals surface area contributed by atoms with Gasteiger partial charge in [0.1, 0.15) is 5.60 Å². The maximum atomic E-state index is 11.8. The summed E-state index contributed by atoms with van der Waals surface area (Å²) in [5, 5.41) is 9.30. The topological polar surface area (TPSA) is 49.8 Å². The molecule has 1 aliphatic heterocycles. The number of carbonyl (C=O) groups excluding carboxylic acids is 1. The van der Waals surface area contributed by atoms with Gasteiger partial charge in [0.25, 0.3) is 0 Å². The van der Waals surface area contributed by atoms with Gasteiger partial charge in [0.2, 0.25) is 0 Å². The number of nitrogens with zero attached hydrogens (tertiary/aromatic N) is 1. The van der Waals surface area contributed by atoms with Gasteiger partial charge in [-0.05, 0) is 27.2 Å². The van der Waals surface area contributed by atoms with Gasteiger partial charge in [-0.1, -0.05) is 6.08 Å². The molecule has 1 rings (SSSR count). The molecule has 0 aromatic carbocycles. The fraction of sp³-hybridized carbons (Fsp3) is 0.750. The van der Waals surface area contributed by atoms with E-state index in [1.165, 1.54) is 0 Å². The zero-order chi connectivity index (χ0) is 12.4. The lowest BCUT2D eigenvalue weighted by molar-refractivity contribution is 0.0270. The zero-order valence-electron chi connectivity index (χ0n) is 10.3. The number of ether oxygens (including phenoxy) is 1. The molecule has 1 saturated heterocycles. The lowest BCUT2D eigenvalue weighted by Gasteiger charge is -2.26. The van der Waals surface area contributed by atoms with Gasteiger partial charge < -0.3 is 14.7 Å². The molecule has 1 heterocycles. The van der Waals surface area contributed by atoms with Crippen LogP contribution in [0.1, 0.15) is 27.2 Å². The Morgan fingerprint density at radius 3 is 2.62 bits per heavy atom. The second-order valence-corrected chi connectivity index (χ2v) is 5.38. The van der Waals surface area contributed by atoms with Crippen molar-refractivity contribution in [3.05, 3.63) is 12.7 Å². The predicted octanol–water partition coefficient (Wildman–Crippen LogP) is 1.79. The van der Waals surface area contributed by atoms with Crippen molar-refractivity contribution in [3.8, 4) is 0 Å². The van der Waals surface area contributed by atoms with Crippen molar-refractivity contribution in [1.29, 1.82) is 0 Å². The molecule has 1 aliphatic rings. The largest absolute Gasteiger partial charge is 0.444 e. The lowest BCUT2D eigenvalue weighted by Crippen LogP contribution is -2.37. The molecule has 0 spiro atoms. The zero-order valence-corrected chi connectivity index (χ0v) is 10.3. The van der Waals surface area contributed by atoms with Crippen molar-refractivity contribution >= 4 is 6.09 Å². The molecule has 1 atom stereocenters. The van der Waals surface area contributed by atoms with Crippen LogP contribution in [0.15, 0.2) is 12.7 Å². The first kappa shape index (κ1) is 13.0. The van der Waals surface area contributed by atoms with Gasteiger partial charge in [0.05, 0.1) is 6.61 Å². The summed E-state index contributed by atoms with van der Waals surface area (Å²) in [6, 6.07) is 0. The Morgan fingerprint density at radius 2 is 2.25 bits per heavy atom. The quantitative estimate of drug-likeness (QED) is 0.732. The molecule has 0 aromatic rings. The van der Waals surface area contributed by atoms with E-state index < -0.39 is 5.60 Å². The molecule has 16 heavy (non-hydrogen) atoms. The number of rotatable bonds is 2. The lowest BCUT2D eigenvalue weighted by atomic mass is 9.89. The molecule has 0 bridgehead atoms. The molecule has 4 nitrogen and oxygen atoms in total. The van der Waals surface area contributed by atoms with Crippen LogP contribution in [0.3, 0.4) is 0 Å². The highest BCUT2D eigenvalue weighted by Gasteiger charge is 2.38. The fourth-order valence-corrected chi connectivity index (χ4v) is 1.74. The Morgan fingerprint density at radius 1 is 1.62 bits per heavy atom. The molecule has 4 heteroatoms. The Kier molecular flexibility index (Phi) is 3.63. The van der Waals surface area contributed by atoms with Gasteiger partial charge in [0.15, 0.2) is 0 Å². The van der Waals surface area contributed by atoms with Gasteiger partial charge in [-0.15, -0.1) is 6.58 Å². The molecular formula is C12H21NO3. The SMILES string of the molecule is C=C[C@]1(CO)CCN(C(=O)OC(C)(C)C)C1. The standard InChI is InChI=1S/C12H21NO3/c1-5-12(9-14)6-7-13(8-12)10(15)16-11(2,3)4/h5,14H,1,6-9H2,2-4H3/t12-/m0/s1. The van der Waals surface area contributed by atoms with Crippen LogP contribution >= 0.6 is 0 Å². The third-order valence-electron chi connectivity index (χ3n) is 2.78. The van der Waals surface area contributed by atoms with E-state index in [4.69, 9.17) is 4.74 Å². The van der Waals surface area contributed by atoms with Crippen molar-refractivity contribution in [2.45, 2.75) is 32.8 Å². The van der Waals surface area contributed by atoms with Gasteiger partial charge in [-0.25, -0.2) is 4.79 Å². The molecule has 1 fully saturated rings. The minimum atomic E-state index is -0.476. The van der Waals surface area contributed by atoms with Crippen LogP contribution in [0.25, 0.3) is 0 Å². The molecule has 0 aromatic heterocycles. The first-order chi connectivity index (χ1) is 7.32. The van der Waals surface area contributed by atoms with Crippen molar-refractivity contribution in [3.63, 3.8) is 0 Å². The van der Waals surface area contributed by atoms with E-state index >= 15 is 0 Å². The van der Waals surface area contributed by atoms with Gasteiger partial charge in [-0.3, -0.25) is 0 Å². The maximum absolute atomic E-state index is 11.8. The van der Waals surface area contributed by atoms with Crippen LogP contribution in [0, 0.1) is 5.41 Å². The van der Waals surface area contributed by atoms with E-state index in [0.717, 1.165) is 6.42 Å². The van der Waals surface area contributed by atoms with Crippen molar-refractivity contribution in [1.82, 2.24) is 4.90 Å². The van der Waals surface area contributed by atoms with Crippen molar-refractivity contribution in [2.24, 2.45) is 5.41 Å². The molecule has 1 N–H and O–H groups in total. The Bertz CT molecular complexity index is 282. The summed E-state index contributed by atoms with van der Waals surface area (Å²) in [5.74, 6) is 0. The van der Waals surface area contributed by atoms with E-state index in [2.05, 4.69) is 6.58 Å². The molecule has 0 radical (unpaired) electrons. The van der Waals surface area contributed by atoms with Gasteiger partial charge in [-0.2, -0.15) is 0 Å². The number of hydrogen-bond donors (Lipinski definition) is 1. The first-order valence-electron chi connectivity index (χ1n) is 5.54. The highest BCUT2D eigenvalue weighted by atomic mass is 16.6. The summed E-state index contributed by atoms with van der Waals surface area (Å²) >= 11 is 0. The van der Waals surface area contributed by atoms with Crippen LogP contribution in [0.5, 0.6) is 0 Å². The summed E-state index contributed by atoms with van der Waals surface area (Å²) in [4.78, 5) is 13.4. The summed E-state index contributed by atoms with van der Waals surface area (Å²) in [6.45, 7) is 10.4. The Balaban J connectivity index is 2.59. The summed E-state index contributed by atoms with van der Waals surface area (Å²) < 4.78 is 5.28. The minimum absolute atomic E-state index is 0.0236. The van der Waals surface area contributed by atoms with Crippen molar-refractivity contribution < 1.29 is 14.6 Å². The van der Waals surface area contributed by atoms with E-state index in [1.807, 2.05) is 20.8 Å². The van der Waals surface area contributed by atoms with Crippen LogP contribution < -0.4 is 0 Å². The summed E-state index contributed by atoms with van der Waals surface area (Å²) in [5.41, 5.74) is -0.827. The third-order valence-corrected chi connectivity index (χ3v) is 2.78. The number of aliphatic hydroxyl groups is 1. The number of amides is 1. The van der Waals surface area contributed by atoms with Crippen LogP contribution in [0.4, 0.5) is 4.79 Å². The average Bonchev–Trinajstić information content (AvgIpc) is 2.60. The van der Waals surface area contributed by atoms with E-state index in [-0.39, 0.29) is 18.1 Å². The van der Waals surface area contributed by atoms with Gasteiger partial charge >= 0.3 is 6.09 Å². The molecule has 1 amide bonds. The van der Waals surface area contributed by atoms with Crippen LogP contribution in [0.2, 0.25) is 0 Å². The monoisotopic (exact) mass is 227 g/mol. The second kappa shape index (κ2) is 4.45. The van der Waals surface area contributed by atoms with E-state index in [1.54, 1.807) is 11.0 Å². The van der Waals surface area contributed by atoms with E-state index in [0.29, 0.717) is 13.1 Å². The smallest absolute Gasteiger partial charge is 0.410 e. The molecule has 0 unspecified atom stereocenters. The van der Waals surface area contributed by atoms with E-state index in [9.17, 15) is 9.90 Å². The molecular weight excluding hydrogens is 206 g/mol. The predicted molar refractivity (Wildman–Crippen MR) is 62.1 cm³/mol. The highest BCUT2D eigenvalue weighted by molar-refractivity contribution is 5.68. The number of likely N-dealkylation sites (tertiary alicyclic amines) is 1. The molecule has 92 valence electrons. The summed E-state index contributed by atoms with van der Waals surface area (Å²) in [6.07, 6.45) is 2.16. The fourth-order valence-electron chi connectivity index (χ4n) is 1.74. The van der Waals surface area contributed by atoms with Crippen LogP contribution in [-0.4, -0.2) is 41.4 Å². The Labute approximate surface area is 96.9 Å². The maximum Gasteiger partial charge on any atom is 0.410 e. The number of aliphatic hydroxyl groups excluding tert-OH is 1. The first-order valence-corrected chi connectivity index (χ1v) is 5.54. The van der Waals surface area contributed by atoms with Gasteiger partial charge in [0, 0.05) is 18.5 Å². The second-order valence-electron chi connectivity index (χ2n) is 5.38. The minimum Gasteiger partial charge on any atom is -0.444 e. The Hall–Kier alpha value is -1.03. The summed E-state index contributed by atoms with van der Waals surface area (Å²) in [7, 11) is 0. The average molecular weight is 227 g/mol. The molecule has 0 saturated carbocycles. The van der Waals surface area contributed by atoms with Crippen molar-refractivity contribution in [2.75, 3.05) is 19.7 Å². The van der Waals surface area contributed by atoms with Crippen LogP contribution in [-0.2, 0) is 4.74 Å². The molecule has 0 aliphatic carbocycles.